The first-order chi connectivity index (χ1) is 17.8. The van der Waals surface area contributed by atoms with Gasteiger partial charge in [0.2, 0.25) is 0 Å². The molecule has 197 valence electrons. The van der Waals surface area contributed by atoms with Gasteiger partial charge in [0.05, 0.1) is 0 Å². The van der Waals surface area contributed by atoms with E-state index in [0.29, 0.717) is 36.4 Å². The van der Waals surface area contributed by atoms with Gasteiger partial charge in [0.15, 0.2) is 17.3 Å². The number of allylic oxidation sites excluding steroid dienone is 15. The summed E-state index contributed by atoms with van der Waals surface area (Å²) in [5, 5.41) is 9.67. The number of carbonyl (C=O) groups is 3. The van der Waals surface area contributed by atoms with Crippen molar-refractivity contribution in [3.63, 3.8) is 0 Å². The Labute approximate surface area is 261 Å². The molecule has 38 heavy (non-hydrogen) atoms. The van der Waals surface area contributed by atoms with E-state index in [9.17, 15) is 14.4 Å². The summed E-state index contributed by atoms with van der Waals surface area (Å²) in [6, 6.07) is 0. The van der Waals surface area contributed by atoms with Crippen molar-refractivity contribution >= 4 is 84.9 Å². The second-order valence-electron chi connectivity index (χ2n) is 8.18. The molecule has 0 unspecified atom stereocenters. The standard InChI is InChI=1S/C27H27Br3N4O3.Ga/c28-22-1-4-25(35)19(13-22)16-31-7-10-34(11-8-32-17-20-14-23(29)2-5-26(20)36)12-9-33-18-21-15-24(30)3-6-27(21)37;/h1-6,13-18,31-33H,7-12H2;. The van der Waals surface area contributed by atoms with Crippen molar-refractivity contribution in [2.75, 3.05) is 39.3 Å². The molecule has 0 aromatic rings. The van der Waals surface area contributed by atoms with Crippen LogP contribution in [0.1, 0.15) is 0 Å². The maximum absolute atomic E-state index is 12.0. The molecule has 0 amide bonds. The number of hydrogen-bond acceptors (Lipinski definition) is 7. The third kappa shape index (κ3) is 11.1. The molecule has 0 aliphatic heterocycles. The number of carbonyl (C=O) groups excluding carboxylic acids is 3. The van der Waals surface area contributed by atoms with Gasteiger partial charge >= 0.3 is 0 Å². The zero-order chi connectivity index (χ0) is 26.6. The summed E-state index contributed by atoms with van der Waals surface area (Å²) in [6.45, 7) is 4.13. The molecule has 3 aliphatic rings. The largest absolute Gasteiger partial charge is 0.389 e. The summed E-state index contributed by atoms with van der Waals surface area (Å²) in [5.41, 5.74) is 1.79. The van der Waals surface area contributed by atoms with Gasteiger partial charge in [-0.1, -0.05) is 47.8 Å². The van der Waals surface area contributed by atoms with Crippen molar-refractivity contribution in [2.24, 2.45) is 0 Å². The van der Waals surface area contributed by atoms with Crippen LogP contribution >= 0.6 is 47.8 Å². The van der Waals surface area contributed by atoms with Gasteiger partial charge in [-0.25, -0.2) is 0 Å². The minimum Gasteiger partial charge on any atom is -0.389 e. The van der Waals surface area contributed by atoms with Gasteiger partial charge in [0.25, 0.3) is 0 Å². The van der Waals surface area contributed by atoms with Crippen LogP contribution in [0.3, 0.4) is 0 Å². The molecule has 0 bridgehead atoms. The van der Waals surface area contributed by atoms with Gasteiger partial charge in [-0.05, 0) is 54.7 Å². The molecule has 0 atom stereocenters. The Hall–Kier alpha value is -1.89. The molecule has 3 aliphatic carbocycles. The van der Waals surface area contributed by atoms with E-state index in [1.54, 1.807) is 55.1 Å². The number of nitrogens with one attached hydrogen (secondary N) is 3. The van der Waals surface area contributed by atoms with Crippen LogP contribution in [0.15, 0.2) is 103 Å². The van der Waals surface area contributed by atoms with Crippen LogP contribution in [0, 0.1) is 0 Å². The van der Waals surface area contributed by atoms with Crippen molar-refractivity contribution in [2.45, 2.75) is 0 Å². The zero-order valence-electron chi connectivity index (χ0n) is 20.6. The van der Waals surface area contributed by atoms with E-state index >= 15 is 0 Å². The minimum atomic E-state index is -0.0392. The van der Waals surface area contributed by atoms with Crippen molar-refractivity contribution in [3.8, 4) is 0 Å². The van der Waals surface area contributed by atoms with E-state index in [1.165, 1.54) is 18.2 Å². The van der Waals surface area contributed by atoms with Crippen LogP contribution in [-0.2, 0) is 14.4 Å². The van der Waals surface area contributed by atoms with Crippen LogP contribution in [0.5, 0.6) is 0 Å². The molecule has 0 heterocycles. The topological polar surface area (TPSA) is 90.5 Å². The van der Waals surface area contributed by atoms with E-state index in [-0.39, 0.29) is 37.1 Å². The zero-order valence-corrected chi connectivity index (χ0v) is 27.7. The SMILES string of the molecule is O=C1C=CC(Br)=CC1=CNCCN(CCNC=C1C=C(Br)C=CC1=O)CCNC=C1C=C(Br)C=CC1=O.[Ga]. The number of rotatable bonds is 12. The second-order valence-corrected chi connectivity index (χ2v) is 10.9. The Bertz CT molecular complexity index is 1060. The molecule has 0 aromatic heterocycles. The summed E-state index contributed by atoms with van der Waals surface area (Å²) < 4.78 is 2.55. The number of halogens is 3. The van der Waals surface area contributed by atoms with E-state index in [1.807, 2.05) is 0 Å². The third-order valence-electron chi connectivity index (χ3n) is 5.41. The Balaban J connectivity index is 0.00000507. The van der Waals surface area contributed by atoms with Gasteiger partial charge in [0, 0.05) is 108 Å². The fourth-order valence-corrected chi connectivity index (χ4v) is 4.58. The minimum absolute atomic E-state index is 0. The number of hydrogen-bond donors (Lipinski definition) is 3. The van der Waals surface area contributed by atoms with Gasteiger partial charge in [-0.3, -0.25) is 19.3 Å². The van der Waals surface area contributed by atoms with Gasteiger partial charge in [0.1, 0.15) is 0 Å². The molecule has 11 heteroatoms. The van der Waals surface area contributed by atoms with Gasteiger partial charge in [-0.15, -0.1) is 0 Å². The van der Waals surface area contributed by atoms with E-state index in [0.717, 1.165) is 33.1 Å². The molecule has 0 saturated carbocycles. The first-order valence-corrected chi connectivity index (χ1v) is 14.0. The summed E-state index contributed by atoms with van der Waals surface area (Å²) in [4.78, 5) is 38.2. The van der Waals surface area contributed by atoms with Crippen LogP contribution in [0.25, 0.3) is 0 Å². The first kappa shape index (κ1) is 32.3. The molecule has 0 aromatic carbocycles. The predicted molar refractivity (Wildman–Crippen MR) is 164 cm³/mol. The monoisotopic (exact) mass is 761 g/mol. The van der Waals surface area contributed by atoms with E-state index in [2.05, 4.69) is 68.6 Å². The van der Waals surface area contributed by atoms with Crippen molar-refractivity contribution in [1.82, 2.24) is 20.9 Å². The van der Waals surface area contributed by atoms with Crippen LogP contribution in [-0.4, -0.2) is 81.3 Å². The van der Waals surface area contributed by atoms with Crippen molar-refractivity contribution < 1.29 is 14.4 Å². The average molecular weight is 765 g/mol. The van der Waals surface area contributed by atoms with Crippen LogP contribution < -0.4 is 16.0 Å². The molecule has 3 rings (SSSR count). The Kier molecular flexibility index (Phi) is 14.4. The summed E-state index contributed by atoms with van der Waals surface area (Å²) in [6.07, 6.45) is 20.3. The molecule has 0 spiro atoms. The molecular weight excluding hydrogens is 738 g/mol. The molecule has 7 nitrogen and oxygen atoms in total. The van der Waals surface area contributed by atoms with Crippen molar-refractivity contribution in [1.29, 1.82) is 0 Å². The molecule has 0 fully saturated rings. The maximum atomic E-state index is 12.0. The summed E-state index contributed by atoms with van der Waals surface area (Å²) in [5.74, 6) is -0.118. The van der Waals surface area contributed by atoms with E-state index < -0.39 is 0 Å². The molecule has 3 N–H and O–H groups in total. The Morgan fingerprint density at radius 3 is 1.13 bits per heavy atom. The second kappa shape index (κ2) is 16.9. The van der Waals surface area contributed by atoms with Crippen molar-refractivity contribution in [3.05, 3.63) is 103 Å². The van der Waals surface area contributed by atoms with Crippen LogP contribution in [0.4, 0.5) is 0 Å². The number of ketones is 3. The summed E-state index contributed by atoms with van der Waals surface area (Å²) >= 11 is 10.2. The van der Waals surface area contributed by atoms with Crippen LogP contribution in [0.2, 0.25) is 0 Å². The average Bonchev–Trinajstić information content (AvgIpc) is 2.87. The van der Waals surface area contributed by atoms with Gasteiger partial charge in [-0.2, -0.15) is 0 Å². The quantitative estimate of drug-likeness (QED) is 0.159. The number of nitrogens with zero attached hydrogens (tertiary/aromatic N) is 1. The predicted octanol–water partition coefficient (Wildman–Crippen LogP) is 3.58. The molecule has 0 saturated heterocycles. The van der Waals surface area contributed by atoms with E-state index in [4.69, 9.17) is 0 Å². The Morgan fingerprint density at radius 2 is 0.842 bits per heavy atom. The molecule has 3 radical (unpaired) electrons. The summed E-state index contributed by atoms with van der Waals surface area (Å²) in [7, 11) is 0. The van der Waals surface area contributed by atoms with Gasteiger partial charge < -0.3 is 16.0 Å². The third-order valence-corrected chi connectivity index (χ3v) is 6.89. The fraction of sp³-hybridized carbons (Fsp3) is 0.222. The Morgan fingerprint density at radius 1 is 0.553 bits per heavy atom. The normalized spacial score (nSPS) is 20.1. The smallest absolute Gasteiger partial charge is 0.187 e. The molecular formula is C27H27Br3GaN4O3. The fourth-order valence-electron chi connectivity index (χ4n) is 3.45. The maximum Gasteiger partial charge on any atom is 0.187 e. The first-order valence-electron chi connectivity index (χ1n) is 11.6.